The zero-order chi connectivity index (χ0) is 19.4. The number of hydrogen-bond donors (Lipinski definition) is 3. The Morgan fingerprint density at radius 3 is 2.70 bits per heavy atom. The molecular weight excluding hydrogens is 349 g/mol. The molecule has 1 heterocycles. The maximum Gasteiger partial charge on any atom is 0.178 e. The molecule has 0 aromatic heterocycles. The molecule has 6 heteroatoms. The third-order valence-corrected chi connectivity index (χ3v) is 8.61. The van der Waals surface area contributed by atoms with Crippen molar-refractivity contribution in [3.05, 3.63) is 23.8 Å². The number of allylic oxidation sites excluding steroid dienone is 4. The number of alkyl halides is 1. The van der Waals surface area contributed by atoms with Crippen molar-refractivity contribution in [3.8, 4) is 0 Å². The molecular formula is C21H28FNO4. The summed E-state index contributed by atoms with van der Waals surface area (Å²) in [6, 6.07) is 0. The topological polar surface area (TPSA) is 96.1 Å². The minimum Gasteiger partial charge on any atom is -0.390 e. The molecule has 0 bridgehead atoms. The first-order valence-electron chi connectivity index (χ1n) is 10.1. The van der Waals surface area contributed by atoms with Gasteiger partial charge in [0.25, 0.3) is 0 Å². The van der Waals surface area contributed by atoms with Crippen LogP contribution in [0.25, 0.3) is 0 Å². The van der Waals surface area contributed by atoms with Crippen LogP contribution in [0.2, 0.25) is 0 Å². The Kier molecular flexibility index (Phi) is 3.52. The molecule has 5 rings (SSSR count). The molecule has 2 unspecified atom stereocenters. The first kappa shape index (κ1) is 18.0. The molecule has 1 saturated heterocycles. The van der Waals surface area contributed by atoms with Crippen molar-refractivity contribution in [2.45, 2.75) is 69.2 Å². The summed E-state index contributed by atoms with van der Waals surface area (Å²) in [4.78, 5) is 11.8. The van der Waals surface area contributed by atoms with Gasteiger partial charge >= 0.3 is 0 Å². The minimum absolute atomic E-state index is 0.0285. The van der Waals surface area contributed by atoms with Crippen LogP contribution in [0.1, 0.15) is 39.5 Å². The molecule has 4 fully saturated rings. The van der Waals surface area contributed by atoms with E-state index in [0.29, 0.717) is 19.3 Å². The van der Waals surface area contributed by atoms with Gasteiger partial charge < -0.3 is 20.7 Å². The molecule has 27 heavy (non-hydrogen) atoms. The number of ether oxygens (including phenoxy) is 1. The highest BCUT2D eigenvalue weighted by atomic mass is 19.1. The van der Waals surface area contributed by atoms with E-state index in [9.17, 15) is 15.0 Å². The van der Waals surface area contributed by atoms with Crippen molar-refractivity contribution in [3.63, 3.8) is 0 Å². The first-order valence-corrected chi connectivity index (χ1v) is 10.1. The second-order valence-electron chi connectivity index (χ2n) is 9.59. The number of halogens is 1. The fourth-order valence-corrected chi connectivity index (χ4v) is 7.13. The molecule has 5 nitrogen and oxygen atoms in total. The van der Waals surface area contributed by atoms with Crippen molar-refractivity contribution in [2.24, 2.45) is 34.8 Å². The summed E-state index contributed by atoms with van der Waals surface area (Å²) in [7, 11) is 0. The maximum absolute atomic E-state index is 16.8. The van der Waals surface area contributed by atoms with Crippen molar-refractivity contribution >= 4 is 5.78 Å². The van der Waals surface area contributed by atoms with Gasteiger partial charge in [-0.05, 0) is 62.5 Å². The lowest BCUT2D eigenvalue weighted by Gasteiger charge is -2.59. The van der Waals surface area contributed by atoms with Crippen LogP contribution in [0.15, 0.2) is 23.8 Å². The van der Waals surface area contributed by atoms with Crippen LogP contribution in [0.3, 0.4) is 0 Å². The molecule has 4 aliphatic carbocycles. The SMILES string of the molecule is C[C@@H]1C[C@H]2[C@H](C[C@H](O)[C@@]3(F)[C@H]2CCC2=CC(=O)C=C[C@@]23C)[C@@]1(O)C1OC1N. The van der Waals surface area contributed by atoms with Crippen LogP contribution in [-0.2, 0) is 9.53 Å². The Bertz CT molecular complexity index is 767. The largest absolute Gasteiger partial charge is 0.390 e. The van der Waals surface area contributed by atoms with Gasteiger partial charge in [-0.15, -0.1) is 0 Å². The van der Waals surface area contributed by atoms with E-state index in [1.54, 1.807) is 12.2 Å². The minimum atomic E-state index is -1.84. The maximum atomic E-state index is 16.8. The summed E-state index contributed by atoms with van der Waals surface area (Å²) < 4.78 is 22.2. The highest BCUT2D eigenvalue weighted by molar-refractivity contribution is 6.01. The molecule has 0 aromatic carbocycles. The zero-order valence-electron chi connectivity index (χ0n) is 15.8. The van der Waals surface area contributed by atoms with E-state index in [-0.39, 0.29) is 35.9 Å². The summed E-state index contributed by atoms with van der Waals surface area (Å²) in [5, 5.41) is 22.5. The highest BCUT2D eigenvalue weighted by Gasteiger charge is 2.73. The lowest BCUT2D eigenvalue weighted by molar-refractivity contribution is -0.190. The molecule has 0 aromatic rings. The summed E-state index contributed by atoms with van der Waals surface area (Å²) in [6.45, 7) is 3.79. The number of hydrogen-bond acceptors (Lipinski definition) is 5. The monoisotopic (exact) mass is 377 g/mol. The fraction of sp³-hybridized carbons (Fsp3) is 0.762. The summed E-state index contributed by atoms with van der Waals surface area (Å²) in [5.41, 5.74) is 2.71. The van der Waals surface area contributed by atoms with E-state index in [4.69, 9.17) is 10.5 Å². The van der Waals surface area contributed by atoms with E-state index in [1.165, 1.54) is 6.08 Å². The number of nitrogens with two attached hydrogens (primary N) is 1. The van der Waals surface area contributed by atoms with Gasteiger partial charge in [-0.25, -0.2) is 4.39 Å². The second-order valence-corrected chi connectivity index (χ2v) is 9.59. The van der Waals surface area contributed by atoms with Gasteiger partial charge in [-0.3, -0.25) is 4.79 Å². The number of aliphatic hydroxyl groups excluding tert-OH is 1. The van der Waals surface area contributed by atoms with Gasteiger partial charge in [0, 0.05) is 11.3 Å². The number of fused-ring (bicyclic) bond motifs is 5. The van der Waals surface area contributed by atoms with E-state index in [2.05, 4.69) is 0 Å². The molecule has 3 saturated carbocycles. The van der Waals surface area contributed by atoms with Crippen molar-refractivity contribution in [2.75, 3.05) is 0 Å². The average Bonchev–Trinajstić information content (AvgIpc) is 3.30. The number of carbonyl (C=O) groups excluding carboxylic acids is 1. The van der Waals surface area contributed by atoms with E-state index in [1.807, 2.05) is 13.8 Å². The Hall–Kier alpha value is -1.08. The lowest BCUT2D eigenvalue weighted by Crippen LogP contribution is -2.66. The molecule has 0 spiro atoms. The molecule has 148 valence electrons. The molecule has 1 aliphatic heterocycles. The smallest absolute Gasteiger partial charge is 0.178 e. The molecule has 0 amide bonds. The standard InChI is InChI=1S/C21H28FNO4/c1-10-7-13-14-4-3-11-8-12(24)5-6-19(11,2)21(14,22)16(25)9-15(13)20(10,26)17-18(23)27-17/h5-6,8,10,13-18,25-26H,3-4,7,9,23H2,1-2H3/t10-,13-,14+,15+,16+,17?,18?,19+,20-,21+/m1/s1. The number of ketones is 1. The van der Waals surface area contributed by atoms with Gasteiger partial charge in [0.05, 0.1) is 6.10 Å². The van der Waals surface area contributed by atoms with Crippen molar-refractivity contribution < 1.29 is 24.1 Å². The summed E-state index contributed by atoms with van der Waals surface area (Å²) in [5.74, 6) is -0.791. The van der Waals surface area contributed by atoms with Crippen LogP contribution >= 0.6 is 0 Å². The van der Waals surface area contributed by atoms with Crippen LogP contribution in [-0.4, -0.2) is 45.7 Å². The van der Waals surface area contributed by atoms with Gasteiger partial charge in [0.2, 0.25) is 0 Å². The normalized spacial score (nSPS) is 59.0. The van der Waals surface area contributed by atoms with Crippen molar-refractivity contribution in [1.29, 1.82) is 0 Å². The Morgan fingerprint density at radius 1 is 1.33 bits per heavy atom. The predicted octanol–water partition coefficient (Wildman–Crippen LogP) is 1.63. The first-order chi connectivity index (χ1) is 12.6. The molecule has 0 radical (unpaired) electrons. The second kappa shape index (κ2) is 5.29. The predicted molar refractivity (Wildman–Crippen MR) is 96.1 cm³/mol. The quantitative estimate of drug-likeness (QED) is 0.604. The van der Waals surface area contributed by atoms with Crippen LogP contribution in [0.4, 0.5) is 4.39 Å². The number of epoxide rings is 1. The fourth-order valence-electron chi connectivity index (χ4n) is 7.13. The van der Waals surface area contributed by atoms with Crippen LogP contribution < -0.4 is 5.73 Å². The van der Waals surface area contributed by atoms with Gasteiger partial charge in [0.1, 0.15) is 17.9 Å². The number of aliphatic hydroxyl groups is 2. The van der Waals surface area contributed by atoms with E-state index in [0.717, 1.165) is 5.57 Å². The molecule has 5 aliphatic rings. The lowest BCUT2D eigenvalue weighted by atomic mass is 9.48. The third kappa shape index (κ3) is 2.00. The summed E-state index contributed by atoms with van der Waals surface area (Å²) >= 11 is 0. The number of rotatable bonds is 1. The zero-order valence-corrected chi connectivity index (χ0v) is 15.8. The highest BCUT2D eigenvalue weighted by Crippen LogP contribution is 2.67. The summed E-state index contributed by atoms with van der Waals surface area (Å²) in [6.07, 6.45) is 4.64. The van der Waals surface area contributed by atoms with Gasteiger partial charge in [-0.1, -0.05) is 18.6 Å². The van der Waals surface area contributed by atoms with Gasteiger partial charge in [-0.2, -0.15) is 0 Å². The Morgan fingerprint density at radius 2 is 2.04 bits per heavy atom. The third-order valence-electron chi connectivity index (χ3n) is 8.61. The number of carbonyl (C=O) groups is 1. The van der Waals surface area contributed by atoms with E-state index < -0.39 is 35.1 Å². The average molecular weight is 377 g/mol. The molecule has 10 atom stereocenters. The molecule has 4 N–H and O–H groups in total. The van der Waals surface area contributed by atoms with Gasteiger partial charge in [0.15, 0.2) is 11.5 Å². The Balaban J connectivity index is 1.56. The van der Waals surface area contributed by atoms with E-state index >= 15 is 4.39 Å². The van der Waals surface area contributed by atoms with Crippen LogP contribution in [0.5, 0.6) is 0 Å². The van der Waals surface area contributed by atoms with Crippen LogP contribution in [0, 0.1) is 29.1 Å². The van der Waals surface area contributed by atoms with Crippen molar-refractivity contribution in [1.82, 2.24) is 0 Å². The Labute approximate surface area is 158 Å².